The van der Waals surface area contributed by atoms with Crippen molar-refractivity contribution >= 4 is 27.5 Å². The fraction of sp³-hybridized carbons (Fsp3) is 0.212. The minimum Gasteiger partial charge on any atom is -0.495 e. The second-order valence-electron chi connectivity index (χ2n) is 10.0. The van der Waals surface area contributed by atoms with Crippen LogP contribution in [0.5, 0.6) is 11.5 Å². The zero-order valence-electron chi connectivity index (χ0n) is 23.7. The van der Waals surface area contributed by atoms with Gasteiger partial charge < -0.3 is 19.7 Å². The quantitative estimate of drug-likeness (QED) is 0.270. The van der Waals surface area contributed by atoms with Crippen molar-refractivity contribution in [3.8, 4) is 11.5 Å². The van der Waals surface area contributed by atoms with Gasteiger partial charge in [0.25, 0.3) is 11.8 Å². The molecule has 43 heavy (non-hydrogen) atoms. The van der Waals surface area contributed by atoms with Gasteiger partial charge >= 0.3 is 0 Å². The van der Waals surface area contributed by atoms with Gasteiger partial charge in [-0.2, -0.15) is 0 Å². The number of carbonyl (C=O) groups excluding carboxylic acids is 2. The summed E-state index contributed by atoms with van der Waals surface area (Å²) in [5, 5.41) is 2.90. The monoisotopic (exact) mass is 599 g/mol. The van der Waals surface area contributed by atoms with E-state index in [0.29, 0.717) is 30.8 Å². The lowest BCUT2D eigenvalue weighted by molar-refractivity contribution is -0.127. The van der Waals surface area contributed by atoms with E-state index in [9.17, 15) is 18.0 Å². The van der Waals surface area contributed by atoms with Crippen LogP contribution >= 0.6 is 0 Å². The van der Waals surface area contributed by atoms with Crippen LogP contribution < -0.4 is 24.4 Å². The number of methoxy groups -OCH3 is 1. The first-order valence-electron chi connectivity index (χ1n) is 14.0. The number of rotatable bonds is 11. The molecule has 0 saturated carbocycles. The number of hydrogen-bond donors (Lipinski definition) is 2. The van der Waals surface area contributed by atoms with Crippen LogP contribution in [0.15, 0.2) is 108 Å². The zero-order valence-corrected chi connectivity index (χ0v) is 24.5. The van der Waals surface area contributed by atoms with Crippen molar-refractivity contribution in [1.82, 2.24) is 10.0 Å². The van der Waals surface area contributed by atoms with Crippen molar-refractivity contribution in [1.29, 1.82) is 0 Å². The molecular weight excluding hydrogens is 566 g/mol. The molecule has 0 bridgehead atoms. The minimum absolute atomic E-state index is 0.0452. The number of carbonyl (C=O) groups is 2. The van der Waals surface area contributed by atoms with Gasteiger partial charge in [-0.1, -0.05) is 72.8 Å². The molecule has 0 fully saturated rings. The van der Waals surface area contributed by atoms with Crippen LogP contribution in [0.4, 0.5) is 5.69 Å². The molecule has 0 saturated heterocycles. The molecule has 10 heteroatoms. The summed E-state index contributed by atoms with van der Waals surface area (Å²) in [7, 11) is -2.64. The average molecular weight is 600 g/mol. The Bertz CT molecular complexity index is 1680. The third kappa shape index (κ3) is 7.22. The van der Waals surface area contributed by atoms with E-state index in [2.05, 4.69) is 10.0 Å². The third-order valence-electron chi connectivity index (χ3n) is 7.12. The lowest BCUT2D eigenvalue weighted by Gasteiger charge is -2.34. The van der Waals surface area contributed by atoms with Crippen molar-refractivity contribution in [2.45, 2.75) is 23.8 Å². The summed E-state index contributed by atoms with van der Waals surface area (Å²) in [6, 6.07) is 30.5. The molecule has 4 aromatic carbocycles. The molecule has 0 aliphatic carbocycles. The molecular formula is C33H33N3O6S. The minimum atomic E-state index is -4.01. The Labute approximate surface area is 251 Å². The number of nitrogens with zero attached hydrogens (tertiary/aromatic N) is 1. The fourth-order valence-electron chi connectivity index (χ4n) is 4.88. The first-order chi connectivity index (χ1) is 20.9. The summed E-state index contributed by atoms with van der Waals surface area (Å²) in [4.78, 5) is 28.3. The highest BCUT2D eigenvalue weighted by atomic mass is 32.2. The molecule has 4 aromatic rings. The molecule has 0 radical (unpaired) electrons. The first kappa shape index (κ1) is 29.8. The lowest BCUT2D eigenvalue weighted by Crippen LogP contribution is -2.51. The maximum atomic E-state index is 13.9. The van der Waals surface area contributed by atoms with E-state index >= 15 is 0 Å². The van der Waals surface area contributed by atoms with Crippen LogP contribution in [0.25, 0.3) is 0 Å². The van der Waals surface area contributed by atoms with Crippen LogP contribution in [0.1, 0.15) is 21.5 Å². The number of hydrogen-bond acceptors (Lipinski definition) is 6. The van der Waals surface area contributed by atoms with Gasteiger partial charge in [0.05, 0.1) is 19.3 Å². The maximum Gasteiger partial charge on any atom is 0.262 e. The van der Waals surface area contributed by atoms with Gasteiger partial charge in [0.15, 0.2) is 6.10 Å². The third-order valence-corrected chi connectivity index (χ3v) is 8.60. The van der Waals surface area contributed by atoms with Crippen molar-refractivity contribution in [2.24, 2.45) is 0 Å². The first-order valence-corrected chi connectivity index (χ1v) is 15.4. The number of sulfonamides is 1. The van der Waals surface area contributed by atoms with Crippen LogP contribution in [0.2, 0.25) is 0 Å². The second-order valence-corrected chi connectivity index (χ2v) is 11.8. The summed E-state index contributed by atoms with van der Waals surface area (Å²) < 4.78 is 40.5. The highest BCUT2D eigenvalue weighted by molar-refractivity contribution is 7.89. The Morgan fingerprint density at radius 2 is 1.49 bits per heavy atom. The average Bonchev–Trinajstić information content (AvgIpc) is 3.04. The van der Waals surface area contributed by atoms with E-state index < -0.39 is 22.0 Å². The zero-order chi connectivity index (χ0) is 30.2. The van der Waals surface area contributed by atoms with E-state index in [1.165, 1.54) is 30.2 Å². The van der Waals surface area contributed by atoms with Gasteiger partial charge in [0, 0.05) is 18.7 Å². The van der Waals surface area contributed by atoms with Gasteiger partial charge in [-0.3, -0.25) is 9.59 Å². The van der Waals surface area contributed by atoms with Crippen LogP contribution in [-0.2, 0) is 27.7 Å². The normalized spacial score (nSPS) is 14.3. The van der Waals surface area contributed by atoms with Crippen molar-refractivity contribution in [3.63, 3.8) is 0 Å². The van der Waals surface area contributed by atoms with E-state index in [4.69, 9.17) is 9.47 Å². The summed E-state index contributed by atoms with van der Waals surface area (Å²) in [5.41, 5.74) is 2.70. The predicted octanol–water partition coefficient (Wildman–Crippen LogP) is 3.98. The molecule has 1 aliphatic rings. The standard InChI is InChI=1S/C33H33N3O6S/c1-41-29-17-16-26(22-31(29)43(39,40)35-21-19-25-12-6-3-7-13-25)33(38)36-23-30(42-28-15-9-8-14-27(28)36)32(37)34-20-18-24-10-4-2-5-11-24/h2-17,22,30,35H,18-21,23H2,1H3,(H,34,37). The van der Waals surface area contributed by atoms with Gasteiger partial charge in [0.2, 0.25) is 10.0 Å². The fourth-order valence-corrected chi connectivity index (χ4v) is 6.10. The maximum absolute atomic E-state index is 13.9. The van der Waals surface area contributed by atoms with E-state index in [1.807, 2.05) is 60.7 Å². The van der Waals surface area contributed by atoms with Gasteiger partial charge in [-0.05, 0) is 54.3 Å². The molecule has 2 amide bonds. The molecule has 1 unspecified atom stereocenters. The highest BCUT2D eigenvalue weighted by Gasteiger charge is 2.34. The summed E-state index contributed by atoms with van der Waals surface area (Å²) in [5.74, 6) is -0.318. The molecule has 2 N–H and O–H groups in total. The number of anilines is 1. The van der Waals surface area contributed by atoms with Gasteiger partial charge in [-0.25, -0.2) is 13.1 Å². The number of benzene rings is 4. The largest absolute Gasteiger partial charge is 0.495 e. The SMILES string of the molecule is COc1ccc(C(=O)N2CC(C(=O)NCCc3ccccc3)Oc3ccccc32)cc1S(=O)(=O)NCCc1ccccc1. The Morgan fingerprint density at radius 3 is 2.16 bits per heavy atom. The van der Waals surface area contributed by atoms with E-state index in [0.717, 1.165) is 11.1 Å². The Balaban J connectivity index is 1.33. The topological polar surface area (TPSA) is 114 Å². The summed E-state index contributed by atoms with van der Waals surface area (Å²) >= 11 is 0. The molecule has 1 heterocycles. The Kier molecular flexibility index (Phi) is 9.38. The van der Waals surface area contributed by atoms with Crippen molar-refractivity contribution < 1.29 is 27.5 Å². The lowest BCUT2D eigenvalue weighted by atomic mass is 10.1. The van der Waals surface area contributed by atoms with Crippen LogP contribution in [-0.4, -0.2) is 53.1 Å². The Hall–Kier alpha value is -4.67. The molecule has 0 spiro atoms. The van der Waals surface area contributed by atoms with E-state index in [1.54, 1.807) is 24.3 Å². The molecule has 1 aliphatic heterocycles. The van der Waals surface area contributed by atoms with Gasteiger partial charge in [-0.15, -0.1) is 0 Å². The Morgan fingerprint density at radius 1 is 0.860 bits per heavy atom. The summed E-state index contributed by atoms with van der Waals surface area (Å²) in [6.45, 7) is 0.539. The molecule has 1 atom stereocenters. The van der Waals surface area contributed by atoms with Gasteiger partial charge in [0.1, 0.15) is 16.4 Å². The number of amides is 2. The summed E-state index contributed by atoms with van der Waals surface area (Å²) in [6.07, 6.45) is 0.206. The number of ether oxygens (including phenoxy) is 2. The number of nitrogens with one attached hydrogen (secondary N) is 2. The molecule has 222 valence electrons. The van der Waals surface area contributed by atoms with Crippen molar-refractivity contribution in [2.75, 3.05) is 31.6 Å². The smallest absolute Gasteiger partial charge is 0.262 e. The van der Waals surface area contributed by atoms with Crippen LogP contribution in [0.3, 0.4) is 0 Å². The van der Waals surface area contributed by atoms with E-state index in [-0.39, 0.29) is 35.2 Å². The predicted molar refractivity (Wildman–Crippen MR) is 164 cm³/mol. The molecule has 9 nitrogen and oxygen atoms in total. The molecule has 0 aromatic heterocycles. The number of fused-ring (bicyclic) bond motifs is 1. The number of para-hydroxylation sites is 2. The highest BCUT2D eigenvalue weighted by Crippen LogP contribution is 2.35. The van der Waals surface area contributed by atoms with Crippen molar-refractivity contribution in [3.05, 3.63) is 120 Å². The van der Waals surface area contributed by atoms with Crippen LogP contribution in [0, 0.1) is 0 Å². The molecule has 5 rings (SSSR count). The second kappa shape index (κ2) is 13.5.